The van der Waals surface area contributed by atoms with Gasteiger partial charge in [0, 0.05) is 0 Å². The molecule has 2 amide bonds. The van der Waals surface area contributed by atoms with E-state index in [1.807, 2.05) is 36.4 Å². The Hall–Kier alpha value is -2.33. The molecule has 0 saturated heterocycles. The van der Waals surface area contributed by atoms with Crippen molar-refractivity contribution in [3.63, 3.8) is 0 Å². The minimum atomic E-state index is -0.801. The van der Waals surface area contributed by atoms with Crippen LogP contribution in [0.2, 0.25) is 5.02 Å². The molecule has 0 aliphatic heterocycles. The summed E-state index contributed by atoms with van der Waals surface area (Å²) in [7, 11) is 1.45. The number of ether oxygens (including phenoxy) is 1. The van der Waals surface area contributed by atoms with E-state index in [1.165, 1.54) is 13.3 Å². The standard InChI is InChI=1S/C20H21ClIN3O4/c1-11(2)17(24-19(27)13-6-4-5-7-14(13)21)20(28)25-23-10-12-8-15(22)18(26)16(9-12)29-3/h4-11,17,26H,1-3H3,(H,24,27)(H,25,28)/b23-10+. The number of phenols is 1. The summed E-state index contributed by atoms with van der Waals surface area (Å²) in [6, 6.07) is 9.09. The molecule has 1 unspecified atom stereocenters. The van der Waals surface area contributed by atoms with Crippen LogP contribution in [0.5, 0.6) is 11.5 Å². The van der Waals surface area contributed by atoms with E-state index in [0.717, 1.165) is 0 Å². The van der Waals surface area contributed by atoms with Gasteiger partial charge < -0.3 is 15.2 Å². The molecule has 0 radical (unpaired) electrons. The largest absolute Gasteiger partial charge is 0.504 e. The highest BCUT2D eigenvalue weighted by Crippen LogP contribution is 2.31. The molecule has 2 aromatic carbocycles. The Morgan fingerprint density at radius 1 is 1.28 bits per heavy atom. The third-order valence-corrected chi connectivity index (χ3v) is 5.17. The van der Waals surface area contributed by atoms with Gasteiger partial charge in [0.2, 0.25) is 0 Å². The number of methoxy groups -OCH3 is 1. The van der Waals surface area contributed by atoms with Crippen LogP contribution < -0.4 is 15.5 Å². The molecule has 7 nitrogen and oxygen atoms in total. The predicted molar refractivity (Wildman–Crippen MR) is 121 cm³/mol. The Kier molecular flexibility index (Phi) is 8.27. The molecule has 0 heterocycles. The number of hydrogen-bond donors (Lipinski definition) is 3. The highest BCUT2D eigenvalue weighted by atomic mass is 127. The van der Waals surface area contributed by atoms with E-state index in [0.29, 0.717) is 25.5 Å². The van der Waals surface area contributed by atoms with Crippen molar-refractivity contribution >= 4 is 52.2 Å². The van der Waals surface area contributed by atoms with Crippen LogP contribution in [0.3, 0.4) is 0 Å². The summed E-state index contributed by atoms with van der Waals surface area (Å²) in [4.78, 5) is 25.0. The van der Waals surface area contributed by atoms with E-state index < -0.39 is 17.9 Å². The molecule has 0 aliphatic carbocycles. The van der Waals surface area contributed by atoms with Crippen molar-refractivity contribution in [1.29, 1.82) is 0 Å². The minimum Gasteiger partial charge on any atom is -0.504 e. The van der Waals surface area contributed by atoms with Crippen LogP contribution in [0.4, 0.5) is 0 Å². The molecule has 0 aliphatic rings. The van der Waals surface area contributed by atoms with Gasteiger partial charge in [0.25, 0.3) is 11.8 Å². The smallest absolute Gasteiger partial charge is 0.262 e. The molecular formula is C20H21ClIN3O4. The first-order valence-electron chi connectivity index (χ1n) is 8.69. The van der Waals surface area contributed by atoms with Crippen LogP contribution >= 0.6 is 34.2 Å². The van der Waals surface area contributed by atoms with E-state index in [2.05, 4.69) is 15.8 Å². The molecule has 0 saturated carbocycles. The molecule has 2 aromatic rings. The molecule has 0 spiro atoms. The van der Waals surface area contributed by atoms with E-state index in [9.17, 15) is 14.7 Å². The molecule has 29 heavy (non-hydrogen) atoms. The van der Waals surface area contributed by atoms with Gasteiger partial charge in [0.1, 0.15) is 6.04 Å². The molecule has 3 N–H and O–H groups in total. The zero-order valence-electron chi connectivity index (χ0n) is 16.1. The number of rotatable bonds is 7. The monoisotopic (exact) mass is 529 g/mol. The topological polar surface area (TPSA) is 100 Å². The van der Waals surface area contributed by atoms with Crippen molar-refractivity contribution in [3.05, 3.63) is 56.1 Å². The van der Waals surface area contributed by atoms with Crippen molar-refractivity contribution in [2.75, 3.05) is 7.11 Å². The maximum atomic E-state index is 12.5. The van der Waals surface area contributed by atoms with E-state index in [4.69, 9.17) is 16.3 Å². The Bertz CT molecular complexity index is 934. The molecule has 1 atom stereocenters. The number of hydrogen-bond acceptors (Lipinski definition) is 5. The van der Waals surface area contributed by atoms with Gasteiger partial charge in [-0.25, -0.2) is 5.43 Å². The molecule has 9 heteroatoms. The zero-order valence-corrected chi connectivity index (χ0v) is 19.0. The van der Waals surface area contributed by atoms with Gasteiger partial charge in [-0.05, 0) is 58.3 Å². The van der Waals surface area contributed by atoms with Crippen molar-refractivity contribution in [2.45, 2.75) is 19.9 Å². The first kappa shape index (κ1) is 23.0. The summed E-state index contributed by atoms with van der Waals surface area (Å²) < 4.78 is 5.68. The van der Waals surface area contributed by atoms with E-state index in [-0.39, 0.29) is 11.7 Å². The lowest BCUT2D eigenvalue weighted by atomic mass is 10.0. The van der Waals surface area contributed by atoms with Gasteiger partial charge in [0.05, 0.1) is 27.5 Å². The average Bonchev–Trinajstić information content (AvgIpc) is 2.68. The predicted octanol–water partition coefficient (Wildman–Crippen LogP) is 3.56. The second-order valence-electron chi connectivity index (χ2n) is 6.46. The van der Waals surface area contributed by atoms with Crippen molar-refractivity contribution < 1.29 is 19.4 Å². The summed E-state index contributed by atoms with van der Waals surface area (Å²) in [5.74, 6) is -0.733. The number of nitrogens with zero attached hydrogens (tertiary/aromatic N) is 1. The minimum absolute atomic E-state index is 0.0384. The number of carbonyl (C=O) groups excluding carboxylic acids is 2. The third kappa shape index (κ3) is 6.07. The van der Waals surface area contributed by atoms with Crippen LogP contribution in [-0.4, -0.2) is 36.3 Å². The van der Waals surface area contributed by atoms with Gasteiger partial charge in [-0.1, -0.05) is 37.6 Å². The number of phenolic OH excluding ortho intramolecular Hbond substituents is 1. The molecule has 0 bridgehead atoms. The zero-order chi connectivity index (χ0) is 21.6. The van der Waals surface area contributed by atoms with Crippen LogP contribution in [0.25, 0.3) is 0 Å². The second-order valence-corrected chi connectivity index (χ2v) is 8.03. The summed E-state index contributed by atoms with van der Waals surface area (Å²) in [6.45, 7) is 3.63. The van der Waals surface area contributed by atoms with Crippen molar-refractivity contribution in [2.24, 2.45) is 11.0 Å². The van der Waals surface area contributed by atoms with Crippen LogP contribution in [0.1, 0.15) is 29.8 Å². The quantitative estimate of drug-likeness (QED) is 0.290. The number of hydrazone groups is 1. The third-order valence-electron chi connectivity index (χ3n) is 4.01. The fourth-order valence-corrected chi connectivity index (χ4v) is 3.31. The Morgan fingerprint density at radius 2 is 1.97 bits per heavy atom. The van der Waals surface area contributed by atoms with Crippen molar-refractivity contribution in [3.8, 4) is 11.5 Å². The summed E-state index contributed by atoms with van der Waals surface area (Å²) in [5.41, 5.74) is 3.36. The summed E-state index contributed by atoms with van der Waals surface area (Å²) in [6.07, 6.45) is 1.43. The molecule has 0 fully saturated rings. The summed E-state index contributed by atoms with van der Waals surface area (Å²) >= 11 is 8.02. The molecule has 0 aromatic heterocycles. The van der Waals surface area contributed by atoms with Gasteiger partial charge in [-0.3, -0.25) is 9.59 Å². The van der Waals surface area contributed by atoms with Gasteiger partial charge in [-0.2, -0.15) is 5.10 Å². The summed E-state index contributed by atoms with van der Waals surface area (Å²) in [5, 5.41) is 16.8. The maximum absolute atomic E-state index is 12.5. The average molecular weight is 530 g/mol. The Balaban J connectivity index is 2.08. The second kappa shape index (κ2) is 10.4. The molecular weight excluding hydrogens is 509 g/mol. The van der Waals surface area contributed by atoms with Crippen LogP contribution in [0.15, 0.2) is 41.5 Å². The molecule has 2 rings (SSSR count). The van der Waals surface area contributed by atoms with Crippen molar-refractivity contribution in [1.82, 2.24) is 10.7 Å². The Morgan fingerprint density at radius 3 is 2.59 bits per heavy atom. The highest BCUT2D eigenvalue weighted by molar-refractivity contribution is 14.1. The SMILES string of the molecule is COc1cc(/C=N/NC(=O)C(NC(=O)c2ccccc2Cl)C(C)C)cc(I)c1O. The number of amides is 2. The highest BCUT2D eigenvalue weighted by Gasteiger charge is 2.25. The number of halogens is 2. The number of benzene rings is 2. The number of nitrogens with one attached hydrogen (secondary N) is 2. The fraction of sp³-hybridized carbons (Fsp3) is 0.250. The van der Waals surface area contributed by atoms with E-state index >= 15 is 0 Å². The first-order valence-corrected chi connectivity index (χ1v) is 10.1. The number of aromatic hydroxyl groups is 1. The van der Waals surface area contributed by atoms with Gasteiger partial charge in [0.15, 0.2) is 11.5 Å². The Labute approximate surface area is 187 Å². The lowest BCUT2D eigenvalue weighted by Gasteiger charge is -2.20. The van der Waals surface area contributed by atoms with Gasteiger partial charge >= 0.3 is 0 Å². The number of carbonyl (C=O) groups is 2. The van der Waals surface area contributed by atoms with E-state index in [1.54, 1.807) is 36.4 Å². The van der Waals surface area contributed by atoms with Gasteiger partial charge in [-0.15, -0.1) is 0 Å². The van der Waals surface area contributed by atoms with Crippen LogP contribution in [0, 0.1) is 9.49 Å². The lowest BCUT2D eigenvalue weighted by molar-refractivity contribution is -0.123. The molecule has 154 valence electrons. The lowest BCUT2D eigenvalue weighted by Crippen LogP contribution is -2.48. The normalized spacial score (nSPS) is 12.1. The maximum Gasteiger partial charge on any atom is 0.262 e. The first-order chi connectivity index (χ1) is 13.7. The van der Waals surface area contributed by atoms with Crippen LogP contribution in [-0.2, 0) is 4.79 Å². The fourth-order valence-electron chi connectivity index (χ4n) is 2.46.